The van der Waals surface area contributed by atoms with Gasteiger partial charge in [0.25, 0.3) is 0 Å². The maximum Gasteiger partial charge on any atom is 0.230 e. The summed E-state index contributed by atoms with van der Waals surface area (Å²) in [6.45, 7) is 0. The lowest BCUT2D eigenvalue weighted by molar-refractivity contribution is 0.186. The smallest absolute Gasteiger partial charge is 0.230 e. The second-order valence-electron chi connectivity index (χ2n) is 4.30. The average Bonchev–Trinajstić information content (AvgIpc) is 3.02. The fourth-order valence-corrected chi connectivity index (χ4v) is 2.44. The van der Waals surface area contributed by atoms with Gasteiger partial charge in [-0.2, -0.15) is 4.98 Å². The third kappa shape index (κ3) is 3.22. The average molecular weight is 299 g/mol. The molecule has 0 aliphatic carbocycles. The third-order valence-electron chi connectivity index (χ3n) is 2.82. The van der Waals surface area contributed by atoms with Gasteiger partial charge in [-0.05, 0) is 29.1 Å². The lowest BCUT2D eigenvalue weighted by Gasteiger charge is -2.08. The number of hydrogen-bond acceptors (Lipinski definition) is 7. The predicted octanol–water partition coefficient (Wildman–Crippen LogP) is 2.29. The lowest BCUT2D eigenvalue weighted by atomic mass is 10.2. The highest BCUT2D eigenvalue weighted by Gasteiger charge is 2.05. The number of benzene rings is 1. The first-order valence-electron chi connectivity index (χ1n) is 6.26. The number of rotatable bonds is 4. The van der Waals surface area contributed by atoms with Crippen LogP contribution in [-0.4, -0.2) is 20.1 Å². The molecule has 1 unspecified atom stereocenters. The van der Waals surface area contributed by atoms with Gasteiger partial charge < -0.3 is 16.2 Å². The van der Waals surface area contributed by atoms with Crippen molar-refractivity contribution in [3.8, 4) is 10.7 Å². The number of nitrogens with two attached hydrogens (primary N) is 1. The van der Waals surface area contributed by atoms with Crippen molar-refractivity contribution in [2.75, 3.05) is 5.32 Å². The highest BCUT2D eigenvalue weighted by atomic mass is 32.1. The van der Waals surface area contributed by atoms with Gasteiger partial charge in [-0.25, -0.2) is 9.97 Å². The number of anilines is 2. The van der Waals surface area contributed by atoms with Crippen LogP contribution in [0.5, 0.6) is 0 Å². The zero-order valence-corrected chi connectivity index (χ0v) is 11.8. The molecule has 0 bridgehead atoms. The zero-order valence-electron chi connectivity index (χ0n) is 11.0. The second-order valence-corrected chi connectivity index (χ2v) is 5.25. The van der Waals surface area contributed by atoms with Crippen molar-refractivity contribution in [1.82, 2.24) is 15.0 Å². The van der Waals surface area contributed by atoms with Crippen molar-refractivity contribution in [3.05, 3.63) is 53.7 Å². The van der Waals surface area contributed by atoms with E-state index in [0.29, 0.717) is 17.3 Å². The van der Waals surface area contributed by atoms with Gasteiger partial charge in [0.2, 0.25) is 5.95 Å². The molecule has 106 valence electrons. The van der Waals surface area contributed by atoms with Crippen LogP contribution in [0, 0.1) is 0 Å². The van der Waals surface area contributed by atoms with E-state index in [1.54, 1.807) is 35.6 Å². The van der Waals surface area contributed by atoms with Gasteiger partial charge in [0.1, 0.15) is 12.6 Å². The van der Waals surface area contributed by atoms with E-state index in [-0.39, 0.29) is 0 Å². The van der Waals surface area contributed by atoms with Crippen molar-refractivity contribution in [3.63, 3.8) is 0 Å². The van der Waals surface area contributed by atoms with E-state index in [0.717, 1.165) is 10.6 Å². The van der Waals surface area contributed by atoms with Crippen LogP contribution in [0.1, 0.15) is 11.8 Å². The molecule has 0 spiro atoms. The largest absolute Gasteiger partial charge is 0.375 e. The quantitative estimate of drug-likeness (QED) is 0.640. The normalized spacial score (nSPS) is 12.1. The van der Waals surface area contributed by atoms with E-state index in [4.69, 9.17) is 5.73 Å². The van der Waals surface area contributed by atoms with Crippen molar-refractivity contribution in [2.24, 2.45) is 5.73 Å². The van der Waals surface area contributed by atoms with Crippen LogP contribution >= 0.6 is 11.3 Å². The minimum absolute atomic E-state index is 0.467. The van der Waals surface area contributed by atoms with Gasteiger partial charge >= 0.3 is 0 Å². The molecule has 0 aliphatic heterocycles. The number of nitrogens with one attached hydrogen (secondary N) is 1. The second kappa shape index (κ2) is 5.96. The summed E-state index contributed by atoms with van der Waals surface area (Å²) >= 11 is 1.57. The van der Waals surface area contributed by atoms with Crippen LogP contribution in [-0.2, 0) is 0 Å². The molecule has 1 atom stereocenters. The first-order valence-corrected chi connectivity index (χ1v) is 7.14. The molecule has 2 heterocycles. The number of aliphatic hydroxyl groups is 1. The Morgan fingerprint density at radius 1 is 1.14 bits per heavy atom. The monoisotopic (exact) mass is 299 g/mol. The Morgan fingerprint density at radius 3 is 2.62 bits per heavy atom. The molecule has 1 aromatic carbocycles. The molecule has 6 nitrogen and oxygen atoms in total. The molecule has 3 aromatic rings. The zero-order chi connectivity index (χ0) is 14.7. The van der Waals surface area contributed by atoms with Gasteiger partial charge in [0.15, 0.2) is 5.82 Å². The molecular formula is C14H13N5OS. The van der Waals surface area contributed by atoms with Crippen molar-refractivity contribution >= 4 is 23.0 Å². The molecule has 0 saturated heterocycles. The Balaban J connectivity index is 1.80. The third-order valence-corrected chi connectivity index (χ3v) is 3.69. The molecule has 0 saturated carbocycles. The summed E-state index contributed by atoms with van der Waals surface area (Å²) in [4.78, 5) is 13.6. The molecule has 0 radical (unpaired) electrons. The predicted molar refractivity (Wildman–Crippen MR) is 82.0 cm³/mol. The van der Waals surface area contributed by atoms with Gasteiger partial charge in [-0.3, -0.25) is 0 Å². The molecule has 2 aromatic heterocycles. The molecule has 21 heavy (non-hydrogen) atoms. The number of aromatic nitrogens is 3. The van der Waals surface area contributed by atoms with Crippen LogP contribution in [0.3, 0.4) is 0 Å². The van der Waals surface area contributed by atoms with E-state index in [1.807, 2.05) is 17.5 Å². The van der Waals surface area contributed by atoms with Gasteiger partial charge in [-0.1, -0.05) is 18.2 Å². The van der Waals surface area contributed by atoms with E-state index in [1.165, 1.54) is 6.33 Å². The molecule has 0 aliphatic rings. The van der Waals surface area contributed by atoms with Gasteiger partial charge in [0.05, 0.1) is 4.88 Å². The molecular weight excluding hydrogens is 286 g/mol. The van der Waals surface area contributed by atoms with E-state index in [9.17, 15) is 5.11 Å². The molecule has 0 fully saturated rings. The summed E-state index contributed by atoms with van der Waals surface area (Å²) in [5.41, 5.74) is 6.85. The van der Waals surface area contributed by atoms with Crippen molar-refractivity contribution in [1.29, 1.82) is 0 Å². The Bertz CT molecular complexity index is 712. The first kappa shape index (κ1) is 13.6. The topological polar surface area (TPSA) is 97.0 Å². The summed E-state index contributed by atoms with van der Waals surface area (Å²) in [5, 5.41) is 14.3. The Labute approximate surface area is 125 Å². The maximum atomic E-state index is 9.27. The fraction of sp³-hybridized carbons (Fsp3) is 0.0714. The van der Waals surface area contributed by atoms with Crippen molar-refractivity contribution < 1.29 is 5.11 Å². The van der Waals surface area contributed by atoms with E-state index in [2.05, 4.69) is 20.3 Å². The van der Waals surface area contributed by atoms with Crippen LogP contribution in [0.15, 0.2) is 48.1 Å². The number of nitrogens with zero attached hydrogens (tertiary/aromatic N) is 3. The minimum atomic E-state index is -0.971. The Hall–Kier alpha value is -2.35. The lowest BCUT2D eigenvalue weighted by Crippen LogP contribution is -2.08. The summed E-state index contributed by atoms with van der Waals surface area (Å²) in [7, 11) is 0. The van der Waals surface area contributed by atoms with Crippen LogP contribution in [0.25, 0.3) is 10.7 Å². The highest BCUT2D eigenvalue weighted by molar-refractivity contribution is 7.13. The first-order chi connectivity index (χ1) is 10.2. The Kier molecular flexibility index (Phi) is 3.87. The van der Waals surface area contributed by atoms with E-state index < -0.39 is 6.23 Å². The Morgan fingerprint density at radius 2 is 1.95 bits per heavy atom. The molecule has 3 rings (SSSR count). The van der Waals surface area contributed by atoms with Gasteiger partial charge in [-0.15, -0.1) is 11.3 Å². The number of hydrogen-bond donors (Lipinski definition) is 3. The molecule has 4 N–H and O–H groups in total. The minimum Gasteiger partial charge on any atom is -0.375 e. The summed E-state index contributed by atoms with van der Waals surface area (Å²) < 4.78 is 0. The summed E-state index contributed by atoms with van der Waals surface area (Å²) in [5.74, 6) is 1.10. The number of thiophene rings is 1. The standard InChI is InChI=1S/C14H13N5OS/c15-12(20)9-3-5-10(6-4-9)18-14-17-8-16-13(19-14)11-2-1-7-21-11/h1-8,12,20H,15H2,(H,16,17,18,19). The summed E-state index contributed by atoms with van der Waals surface area (Å²) in [6.07, 6.45) is 0.504. The SMILES string of the molecule is NC(O)c1ccc(Nc2ncnc(-c3cccs3)n2)cc1. The highest BCUT2D eigenvalue weighted by Crippen LogP contribution is 2.22. The maximum absolute atomic E-state index is 9.27. The van der Waals surface area contributed by atoms with Crippen LogP contribution < -0.4 is 11.1 Å². The number of aliphatic hydroxyl groups excluding tert-OH is 1. The fourth-order valence-electron chi connectivity index (χ4n) is 1.77. The van der Waals surface area contributed by atoms with Crippen molar-refractivity contribution in [2.45, 2.75) is 6.23 Å². The van der Waals surface area contributed by atoms with Gasteiger partial charge in [0, 0.05) is 5.69 Å². The van der Waals surface area contributed by atoms with Crippen LogP contribution in [0.2, 0.25) is 0 Å². The van der Waals surface area contributed by atoms with E-state index >= 15 is 0 Å². The molecule has 0 amide bonds. The summed E-state index contributed by atoms with van der Waals surface area (Å²) in [6, 6.07) is 11.0. The molecule has 7 heteroatoms. The van der Waals surface area contributed by atoms with Crippen LogP contribution in [0.4, 0.5) is 11.6 Å².